The lowest BCUT2D eigenvalue weighted by Gasteiger charge is -2.03. The topological polar surface area (TPSA) is 89.5 Å². The molecule has 0 fully saturated rings. The van der Waals surface area contributed by atoms with E-state index in [2.05, 4.69) is 10.3 Å². The molecule has 0 aliphatic heterocycles. The molecule has 0 saturated heterocycles. The van der Waals surface area contributed by atoms with E-state index in [1.54, 1.807) is 48.7 Å². The van der Waals surface area contributed by atoms with Gasteiger partial charge in [-0.3, -0.25) is 4.79 Å². The fourth-order valence-corrected chi connectivity index (χ4v) is 3.02. The third-order valence-electron chi connectivity index (χ3n) is 3.04. The molecule has 8 heteroatoms. The highest BCUT2D eigenvalue weighted by Gasteiger charge is 2.22. The molecule has 0 aliphatic rings. The van der Waals surface area contributed by atoms with Crippen LogP contribution in [-0.4, -0.2) is 20.2 Å². The maximum atomic E-state index is 11.3. The van der Waals surface area contributed by atoms with Crippen LogP contribution in [0.3, 0.4) is 0 Å². The average molecular weight is 328 g/mol. The fourth-order valence-electron chi connectivity index (χ4n) is 2.12. The largest absolute Gasteiger partial charge is 0.362 e. The molecule has 116 valence electrons. The summed E-state index contributed by atoms with van der Waals surface area (Å²) in [6.07, 6.45) is 1.62. The first kappa shape index (κ1) is 15.0. The van der Waals surface area contributed by atoms with E-state index in [0.717, 1.165) is 4.90 Å². The van der Waals surface area contributed by atoms with Gasteiger partial charge >= 0.3 is 5.82 Å². The molecule has 1 aromatic carbocycles. The Balaban J connectivity index is 1.93. The number of nitrogens with one attached hydrogen (secondary N) is 1. The SMILES string of the molecule is CC(=O)Nc1ccc(Sc2nc3ccccn3c2[N+](=O)[O-])cc1. The number of benzene rings is 1. The van der Waals surface area contributed by atoms with Crippen molar-refractivity contribution in [1.82, 2.24) is 9.38 Å². The minimum atomic E-state index is -0.436. The number of carbonyl (C=O) groups excluding carboxylic acids is 1. The Labute approximate surface area is 135 Å². The lowest BCUT2D eigenvalue weighted by molar-refractivity contribution is -0.393. The summed E-state index contributed by atoms with van der Waals surface area (Å²) >= 11 is 1.21. The maximum Gasteiger partial charge on any atom is 0.362 e. The van der Waals surface area contributed by atoms with Crippen LogP contribution in [0.25, 0.3) is 5.65 Å². The fraction of sp³-hybridized carbons (Fsp3) is 0.0667. The van der Waals surface area contributed by atoms with Gasteiger partial charge in [-0.25, -0.2) is 0 Å². The summed E-state index contributed by atoms with van der Waals surface area (Å²) in [5.74, 6) is -0.210. The Kier molecular flexibility index (Phi) is 3.98. The summed E-state index contributed by atoms with van der Waals surface area (Å²) < 4.78 is 1.45. The number of hydrogen-bond acceptors (Lipinski definition) is 5. The summed E-state index contributed by atoms with van der Waals surface area (Å²) in [6.45, 7) is 1.43. The predicted octanol–water partition coefficient (Wildman–Crippen LogP) is 3.35. The Morgan fingerprint density at radius 2 is 2.00 bits per heavy atom. The van der Waals surface area contributed by atoms with Crippen LogP contribution in [-0.2, 0) is 4.79 Å². The number of fused-ring (bicyclic) bond motifs is 1. The van der Waals surface area contributed by atoms with Gasteiger partial charge in [0.05, 0.1) is 6.20 Å². The second-order valence-corrected chi connectivity index (χ2v) is 5.80. The number of imidazole rings is 1. The molecule has 3 rings (SSSR count). The van der Waals surface area contributed by atoms with Crippen LogP contribution in [0.2, 0.25) is 0 Å². The standard InChI is InChI=1S/C15H12N4O3S/c1-10(20)16-11-5-7-12(8-6-11)23-14-15(19(21)22)18-9-3-2-4-13(18)17-14/h2-9H,1H3,(H,16,20). The van der Waals surface area contributed by atoms with Crippen LogP contribution in [0.1, 0.15) is 6.92 Å². The Bertz CT molecular complexity index is 889. The molecule has 1 N–H and O–H groups in total. The van der Waals surface area contributed by atoms with Gasteiger partial charge in [0.2, 0.25) is 11.6 Å². The molecule has 0 radical (unpaired) electrons. The first-order valence-corrected chi connectivity index (χ1v) is 7.53. The number of amides is 1. The van der Waals surface area contributed by atoms with Gasteiger partial charge in [0.15, 0.2) is 5.03 Å². The minimum absolute atomic E-state index is 0.0588. The van der Waals surface area contributed by atoms with Crippen molar-refractivity contribution in [2.75, 3.05) is 5.32 Å². The van der Waals surface area contributed by atoms with E-state index in [0.29, 0.717) is 16.4 Å². The summed E-state index contributed by atoms with van der Waals surface area (Å²) in [5, 5.41) is 14.3. The maximum absolute atomic E-state index is 11.3. The Morgan fingerprint density at radius 1 is 1.26 bits per heavy atom. The highest BCUT2D eigenvalue weighted by molar-refractivity contribution is 7.99. The third kappa shape index (κ3) is 3.16. The predicted molar refractivity (Wildman–Crippen MR) is 86.7 cm³/mol. The zero-order valence-corrected chi connectivity index (χ0v) is 12.9. The molecular weight excluding hydrogens is 316 g/mol. The minimum Gasteiger partial charge on any atom is -0.358 e. The van der Waals surface area contributed by atoms with Gasteiger partial charge in [-0.15, -0.1) is 0 Å². The van der Waals surface area contributed by atoms with Gasteiger partial charge in [-0.2, -0.15) is 9.38 Å². The lowest BCUT2D eigenvalue weighted by Crippen LogP contribution is -2.05. The molecule has 3 aromatic rings. The van der Waals surface area contributed by atoms with E-state index in [-0.39, 0.29) is 11.7 Å². The van der Waals surface area contributed by atoms with Crippen molar-refractivity contribution < 1.29 is 9.72 Å². The molecule has 0 unspecified atom stereocenters. The number of carbonyl (C=O) groups is 1. The quantitative estimate of drug-likeness (QED) is 0.586. The van der Waals surface area contributed by atoms with Crippen molar-refractivity contribution in [2.45, 2.75) is 16.8 Å². The van der Waals surface area contributed by atoms with E-state index in [9.17, 15) is 14.9 Å². The van der Waals surface area contributed by atoms with E-state index < -0.39 is 4.92 Å². The van der Waals surface area contributed by atoms with E-state index in [1.807, 2.05) is 0 Å². The van der Waals surface area contributed by atoms with E-state index in [4.69, 9.17) is 0 Å². The van der Waals surface area contributed by atoms with Crippen LogP contribution < -0.4 is 5.32 Å². The van der Waals surface area contributed by atoms with Crippen molar-refractivity contribution in [2.24, 2.45) is 0 Å². The summed E-state index contributed by atoms with van der Waals surface area (Å²) in [5.41, 5.74) is 1.20. The molecule has 2 heterocycles. The molecule has 7 nitrogen and oxygen atoms in total. The molecule has 0 saturated carbocycles. The number of anilines is 1. The molecule has 0 atom stereocenters. The van der Waals surface area contributed by atoms with Crippen molar-refractivity contribution in [3.8, 4) is 0 Å². The summed E-state index contributed by atoms with van der Waals surface area (Å²) in [4.78, 5) is 27.0. The molecular formula is C15H12N4O3S. The van der Waals surface area contributed by atoms with E-state index >= 15 is 0 Å². The number of aromatic nitrogens is 2. The first-order valence-electron chi connectivity index (χ1n) is 6.71. The summed E-state index contributed by atoms with van der Waals surface area (Å²) in [7, 11) is 0. The molecule has 0 spiro atoms. The highest BCUT2D eigenvalue weighted by Crippen LogP contribution is 2.35. The Hall–Kier alpha value is -2.87. The smallest absolute Gasteiger partial charge is 0.358 e. The van der Waals surface area contributed by atoms with Gasteiger partial charge in [0.1, 0.15) is 0 Å². The van der Waals surface area contributed by atoms with Crippen molar-refractivity contribution in [3.63, 3.8) is 0 Å². The van der Waals surface area contributed by atoms with Crippen molar-refractivity contribution >= 4 is 34.8 Å². The van der Waals surface area contributed by atoms with Gasteiger partial charge in [-0.05, 0) is 35.3 Å². The van der Waals surface area contributed by atoms with Crippen molar-refractivity contribution in [1.29, 1.82) is 0 Å². The van der Waals surface area contributed by atoms with Crippen LogP contribution >= 0.6 is 11.8 Å². The number of hydrogen-bond donors (Lipinski definition) is 1. The molecule has 0 aliphatic carbocycles. The van der Waals surface area contributed by atoms with Crippen LogP contribution in [0.15, 0.2) is 58.6 Å². The zero-order chi connectivity index (χ0) is 16.4. The van der Waals surface area contributed by atoms with Gasteiger partial charge in [0.25, 0.3) is 0 Å². The number of nitrogens with zero attached hydrogens (tertiary/aromatic N) is 3. The van der Waals surface area contributed by atoms with Gasteiger partial charge in [-0.1, -0.05) is 17.8 Å². The third-order valence-corrected chi connectivity index (χ3v) is 4.01. The molecule has 2 aromatic heterocycles. The monoisotopic (exact) mass is 328 g/mol. The molecule has 23 heavy (non-hydrogen) atoms. The average Bonchev–Trinajstić information content (AvgIpc) is 2.86. The van der Waals surface area contributed by atoms with Crippen LogP contribution in [0.5, 0.6) is 0 Å². The van der Waals surface area contributed by atoms with Gasteiger partial charge in [0, 0.05) is 23.6 Å². The van der Waals surface area contributed by atoms with Gasteiger partial charge < -0.3 is 15.4 Å². The van der Waals surface area contributed by atoms with Crippen LogP contribution in [0, 0.1) is 10.1 Å². The normalized spacial score (nSPS) is 10.7. The first-order chi connectivity index (χ1) is 11.0. The summed E-state index contributed by atoms with van der Waals surface area (Å²) in [6, 6.07) is 12.3. The number of nitro groups is 1. The second-order valence-electron chi connectivity index (χ2n) is 4.73. The number of rotatable bonds is 4. The lowest BCUT2D eigenvalue weighted by atomic mass is 10.3. The van der Waals surface area contributed by atoms with Crippen molar-refractivity contribution in [3.05, 3.63) is 58.8 Å². The molecule has 1 amide bonds. The molecule has 0 bridgehead atoms. The van der Waals surface area contributed by atoms with Crippen LogP contribution in [0.4, 0.5) is 11.5 Å². The highest BCUT2D eigenvalue weighted by atomic mass is 32.2. The second kappa shape index (κ2) is 6.09. The zero-order valence-electron chi connectivity index (χ0n) is 12.1. The van der Waals surface area contributed by atoms with E-state index in [1.165, 1.54) is 23.1 Å². The Morgan fingerprint density at radius 3 is 2.65 bits per heavy atom. The number of pyridine rings is 1.